The molecule has 2 rings (SSSR count). The van der Waals surface area contributed by atoms with Gasteiger partial charge in [0.2, 0.25) is 5.91 Å². The van der Waals surface area contributed by atoms with Crippen LogP contribution in [0.2, 0.25) is 5.02 Å². The third kappa shape index (κ3) is 3.43. The number of aromatic nitrogens is 2. The Hall–Kier alpha value is -2.14. The molecule has 1 heterocycles. The second-order valence-electron chi connectivity index (χ2n) is 3.49. The topological polar surface area (TPSA) is 64.1 Å². The van der Waals surface area contributed by atoms with Crippen molar-refractivity contribution in [3.8, 4) is 11.8 Å². The van der Waals surface area contributed by atoms with Crippen molar-refractivity contribution in [3.63, 3.8) is 0 Å². The van der Waals surface area contributed by atoms with E-state index < -0.39 is 0 Å². The largest absolute Gasteiger partial charge is 0.424 e. The van der Waals surface area contributed by atoms with E-state index in [1.54, 1.807) is 24.3 Å². The first-order valence-electron chi connectivity index (χ1n) is 5.16. The molecule has 0 saturated carbocycles. The Labute approximate surface area is 109 Å². The first-order valence-corrected chi connectivity index (χ1v) is 5.54. The Bertz CT molecular complexity index is 540. The third-order valence-corrected chi connectivity index (χ3v) is 2.18. The fourth-order valence-electron chi connectivity index (χ4n) is 1.27. The quantitative estimate of drug-likeness (QED) is 0.925. The van der Waals surface area contributed by atoms with E-state index in [2.05, 4.69) is 15.3 Å². The molecule has 1 N–H and O–H groups in total. The van der Waals surface area contributed by atoms with Gasteiger partial charge < -0.3 is 10.1 Å². The number of hydrogen-bond acceptors (Lipinski definition) is 4. The van der Waals surface area contributed by atoms with Gasteiger partial charge in [0.25, 0.3) is 0 Å². The lowest BCUT2D eigenvalue weighted by molar-refractivity contribution is -0.114. The molecule has 0 unspecified atom stereocenters. The van der Waals surface area contributed by atoms with Gasteiger partial charge in [-0.05, 0) is 24.3 Å². The van der Waals surface area contributed by atoms with Gasteiger partial charge in [-0.3, -0.25) is 4.79 Å². The van der Waals surface area contributed by atoms with Crippen molar-refractivity contribution in [3.05, 3.63) is 41.7 Å². The van der Waals surface area contributed by atoms with Crippen LogP contribution >= 0.6 is 11.6 Å². The monoisotopic (exact) mass is 263 g/mol. The maximum absolute atomic E-state index is 10.8. The average molecular weight is 264 g/mol. The predicted octanol–water partition coefficient (Wildman–Crippen LogP) is 2.88. The minimum absolute atomic E-state index is 0.121. The number of ether oxygens (including phenoxy) is 1. The molecule has 0 radical (unpaired) electrons. The number of nitrogens with one attached hydrogen (secondary N) is 1. The maximum atomic E-state index is 10.8. The molecule has 0 aliphatic heterocycles. The summed E-state index contributed by atoms with van der Waals surface area (Å²) < 4.78 is 5.40. The van der Waals surface area contributed by atoms with Crippen LogP contribution in [-0.4, -0.2) is 15.9 Å². The van der Waals surface area contributed by atoms with Gasteiger partial charge in [0, 0.05) is 12.6 Å². The van der Waals surface area contributed by atoms with E-state index in [1.165, 1.54) is 19.3 Å². The van der Waals surface area contributed by atoms with E-state index in [0.717, 1.165) is 0 Å². The fourth-order valence-corrected chi connectivity index (χ4v) is 1.37. The SMILES string of the molecule is CC(=O)Nc1ccc(Oc2ncc(Cl)cn2)cc1. The number of benzene rings is 1. The number of anilines is 1. The second-order valence-corrected chi connectivity index (χ2v) is 3.93. The summed E-state index contributed by atoms with van der Waals surface area (Å²) in [4.78, 5) is 18.7. The van der Waals surface area contributed by atoms with Crippen LogP contribution in [0.25, 0.3) is 0 Å². The molecule has 0 spiro atoms. The average Bonchev–Trinajstić information content (AvgIpc) is 2.34. The molecule has 0 atom stereocenters. The number of carbonyl (C=O) groups excluding carboxylic acids is 1. The summed E-state index contributed by atoms with van der Waals surface area (Å²) in [6.07, 6.45) is 2.91. The standard InChI is InChI=1S/C12H10ClN3O2/c1-8(17)16-10-2-4-11(5-3-10)18-12-14-6-9(13)7-15-12/h2-7H,1H3,(H,16,17). The smallest absolute Gasteiger partial charge is 0.321 e. The molecule has 5 nitrogen and oxygen atoms in total. The van der Waals surface area contributed by atoms with Crippen molar-refractivity contribution in [2.45, 2.75) is 6.92 Å². The second kappa shape index (κ2) is 5.46. The summed E-state index contributed by atoms with van der Waals surface area (Å²) in [6.45, 7) is 1.45. The van der Waals surface area contributed by atoms with Gasteiger partial charge in [-0.1, -0.05) is 11.6 Å². The maximum Gasteiger partial charge on any atom is 0.321 e. The molecule has 2 aromatic rings. The van der Waals surface area contributed by atoms with Crippen molar-refractivity contribution >= 4 is 23.2 Å². The van der Waals surface area contributed by atoms with E-state index >= 15 is 0 Å². The van der Waals surface area contributed by atoms with E-state index in [-0.39, 0.29) is 11.9 Å². The van der Waals surface area contributed by atoms with Crippen LogP contribution in [0.15, 0.2) is 36.7 Å². The van der Waals surface area contributed by atoms with Gasteiger partial charge in [0.05, 0.1) is 17.4 Å². The number of amides is 1. The number of rotatable bonds is 3. The summed E-state index contributed by atoms with van der Waals surface area (Å²) in [6, 6.07) is 7.10. The zero-order chi connectivity index (χ0) is 13.0. The van der Waals surface area contributed by atoms with Crippen molar-refractivity contribution < 1.29 is 9.53 Å². The Morgan fingerprint density at radius 3 is 2.39 bits per heavy atom. The van der Waals surface area contributed by atoms with Gasteiger partial charge >= 0.3 is 6.01 Å². The third-order valence-electron chi connectivity index (χ3n) is 1.98. The number of halogens is 1. The van der Waals surface area contributed by atoms with Crippen LogP contribution in [0, 0.1) is 0 Å². The van der Waals surface area contributed by atoms with Gasteiger partial charge in [-0.2, -0.15) is 0 Å². The van der Waals surface area contributed by atoms with Crippen molar-refractivity contribution in [2.75, 3.05) is 5.32 Å². The normalized spacial score (nSPS) is 9.89. The summed E-state index contributed by atoms with van der Waals surface area (Å²) in [5.74, 6) is 0.455. The number of nitrogens with zero attached hydrogens (tertiary/aromatic N) is 2. The minimum atomic E-state index is -0.121. The summed E-state index contributed by atoms with van der Waals surface area (Å²) in [5.41, 5.74) is 0.701. The van der Waals surface area contributed by atoms with E-state index in [9.17, 15) is 4.79 Å². The highest BCUT2D eigenvalue weighted by atomic mass is 35.5. The molecule has 18 heavy (non-hydrogen) atoms. The minimum Gasteiger partial charge on any atom is -0.424 e. The van der Waals surface area contributed by atoms with Gasteiger partial charge in [-0.15, -0.1) is 0 Å². The molecule has 0 fully saturated rings. The zero-order valence-corrected chi connectivity index (χ0v) is 10.3. The Balaban J connectivity index is 2.06. The molecule has 0 saturated heterocycles. The van der Waals surface area contributed by atoms with Crippen LogP contribution < -0.4 is 10.1 Å². The highest BCUT2D eigenvalue weighted by Gasteiger charge is 2.01. The molecule has 1 amide bonds. The molecular weight excluding hydrogens is 254 g/mol. The lowest BCUT2D eigenvalue weighted by Crippen LogP contribution is -2.05. The lowest BCUT2D eigenvalue weighted by Gasteiger charge is -2.05. The van der Waals surface area contributed by atoms with Crippen molar-refractivity contribution in [1.29, 1.82) is 0 Å². The number of hydrogen-bond donors (Lipinski definition) is 1. The Morgan fingerprint density at radius 2 is 1.83 bits per heavy atom. The van der Waals surface area contributed by atoms with Crippen LogP contribution in [0.1, 0.15) is 6.92 Å². The highest BCUT2D eigenvalue weighted by Crippen LogP contribution is 2.20. The van der Waals surface area contributed by atoms with Crippen molar-refractivity contribution in [2.24, 2.45) is 0 Å². The molecule has 92 valence electrons. The summed E-state index contributed by atoms with van der Waals surface area (Å²) in [7, 11) is 0. The molecule has 1 aromatic heterocycles. The van der Waals surface area contributed by atoms with E-state index in [0.29, 0.717) is 16.5 Å². The molecule has 6 heteroatoms. The Morgan fingerprint density at radius 1 is 1.22 bits per heavy atom. The summed E-state index contributed by atoms with van der Waals surface area (Å²) >= 11 is 5.66. The number of carbonyl (C=O) groups is 1. The Kier molecular flexibility index (Phi) is 3.74. The fraction of sp³-hybridized carbons (Fsp3) is 0.0833. The van der Waals surface area contributed by atoms with Gasteiger partial charge in [0.15, 0.2) is 0 Å². The van der Waals surface area contributed by atoms with E-state index in [1.807, 2.05) is 0 Å². The molecule has 0 aliphatic rings. The first-order chi connectivity index (χ1) is 8.63. The summed E-state index contributed by atoms with van der Waals surface area (Å²) in [5, 5.41) is 3.11. The molecule has 0 aliphatic carbocycles. The van der Waals surface area contributed by atoms with Crippen LogP contribution in [0.3, 0.4) is 0 Å². The first kappa shape index (κ1) is 12.3. The molecule has 0 bridgehead atoms. The zero-order valence-electron chi connectivity index (χ0n) is 9.55. The molecule has 1 aromatic carbocycles. The van der Waals surface area contributed by atoms with Gasteiger partial charge in [0.1, 0.15) is 5.75 Å². The van der Waals surface area contributed by atoms with Crippen LogP contribution in [0.4, 0.5) is 5.69 Å². The lowest BCUT2D eigenvalue weighted by atomic mass is 10.3. The van der Waals surface area contributed by atoms with E-state index in [4.69, 9.17) is 16.3 Å². The van der Waals surface area contributed by atoms with Crippen molar-refractivity contribution in [1.82, 2.24) is 9.97 Å². The predicted molar refractivity (Wildman–Crippen MR) is 67.9 cm³/mol. The van der Waals surface area contributed by atoms with Gasteiger partial charge in [-0.25, -0.2) is 9.97 Å². The molecular formula is C12H10ClN3O2. The van der Waals surface area contributed by atoms with Crippen LogP contribution in [-0.2, 0) is 4.79 Å². The highest BCUT2D eigenvalue weighted by molar-refractivity contribution is 6.30. The van der Waals surface area contributed by atoms with Crippen LogP contribution in [0.5, 0.6) is 11.8 Å².